The van der Waals surface area contributed by atoms with Crippen LogP contribution >= 0.6 is 0 Å². The lowest BCUT2D eigenvalue weighted by atomic mass is 9.81. The Hall–Kier alpha value is -1.35. The lowest BCUT2D eigenvalue weighted by Crippen LogP contribution is -2.57. The van der Waals surface area contributed by atoms with Crippen molar-refractivity contribution >= 4 is 5.91 Å². The summed E-state index contributed by atoms with van der Waals surface area (Å²) in [7, 11) is 0. The fourth-order valence-electron chi connectivity index (χ4n) is 5.44. The second-order valence-electron chi connectivity index (χ2n) is 8.91. The molecular formula is C23H34N2O. The van der Waals surface area contributed by atoms with E-state index in [1.165, 1.54) is 49.7 Å². The molecule has 1 aromatic carbocycles. The van der Waals surface area contributed by atoms with E-state index >= 15 is 0 Å². The van der Waals surface area contributed by atoms with Gasteiger partial charge in [-0.15, -0.1) is 0 Å². The highest BCUT2D eigenvalue weighted by atomic mass is 16.1. The molecule has 0 unspecified atom stereocenters. The molecule has 0 spiro atoms. The van der Waals surface area contributed by atoms with Crippen LogP contribution in [0.1, 0.15) is 75.3 Å². The number of piperidine rings is 2. The molecule has 2 saturated heterocycles. The molecule has 142 valence electrons. The lowest BCUT2D eigenvalue weighted by molar-refractivity contribution is -0.127. The Bertz CT molecular complexity index is 591. The van der Waals surface area contributed by atoms with Crippen molar-refractivity contribution < 1.29 is 4.79 Å². The van der Waals surface area contributed by atoms with Gasteiger partial charge in [-0.2, -0.15) is 0 Å². The number of rotatable bonds is 4. The molecule has 3 fully saturated rings. The zero-order valence-electron chi connectivity index (χ0n) is 16.3. The van der Waals surface area contributed by atoms with E-state index in [0.29, 0.717) is 24.0 Å². The Kier molecular flexibility index (Phi) is 5.63. The molecule has 2 heterocycles. The molecule has 2 atom stereocenters. The number of aryl methyl sites for hydroxylation is 1. The van der Waals surface area contributed by atoms with Crippen molar-refractivity contribution in [1.29, 1.82) is 0 Å². The minimum Gasteiger partial charge on any atom is -0.353 e. The maximum Gasteiger partial charge on any atom is 0.223 e. The minimum atomic E-state index is 0.286. The monoisotopic (exact) mass is 354 g/mol. The highest BCUT2D eigenvalue weighted by molar-refractivity contribution is 5.79. The van der Waals surface area contributed by atoms with Crippen molar-refractivity contribution in [3.63, 3.8) is 0 Å². The molecule has 1 amide bonds. The smallest absolute Gasteiger partial charge is 0.223 e. The third-order valence-corrected chi connectivity index (χ3v) is 6.93. The van der Waals surface area contributed by atoms with Gasteiger partial charge in [0.15, 0.2) is 0 Å². The molecule has 4 rings (SSSR count). The predicted octanol–water partition coefficient (Wildman–Crippen LogP) is 4.58. The van der Waals surface area contributed by atoms with Crippen molar-refractivity contribution in [1.82, 2.24) is 10.2 Å². The van der Waals surface area contributed by atoms with E-state index in [0.717, 1.165) is 32.2 Å². The van der Waals surface area contributed by atoms with Crippen molar-refractivity contribution in [2.24, 2.45) is 5.92 Å². The number of fused-ring (bicyclic) bond motifs is 2. The van der Waals surface area contributed by atoms with Crippen LogP contribution in [0.4, 0.5) is 0 Å². The Morgan fingerprint density at radius 1 is 0.962 bits per heavy atom. The first-order valence-electron chi connectivity index (χ1n) is 10.8. The zero-order valence-corrected chi connectivity index (χ0v) is 16.3. The summed E-state index contributed by atoms with van der Waals surface area (Å²) in [6.07, 6.45) is 12.2. The second-order valence-corrected chi connectivity index (χ2v) is 8.91. The first-order chi connectivity index (χ1) is 12.7. The maximum absolute atomic E-state index is 12.7. The molecule has 0 radical (unpaired) electrons. The van der Waals surface area contributed by atoms with Crippen molar-refractivity contribution in [2.75, 3.05) is 0 Å². The number of benzene rings is 1. The quantitative estimate of drug-likeness (QED) is 0.858. The molecule has 1 N–H and O–H groups in total. The highest BCUT2D eigenvalue weighted by Crippen LogP contribution is 2.35. The Morgan fingerprint density at radius 2 is 1.62 bits per heavy atom. The van der Waals surface area contributed by atoms with Gasteiger partial charge in [0.25, 0.3) is 0 Å². The van der Waals surface area contributed by atoms with Gasteiger partial charge in [0.05, 0.1) is 0 Å². The van der Waals surface area contributed by atoms with Crippen LogP contribution in [0.15, 0.2) is 24.3 Å². The molecular weight excluding hydrogens is 320 g/mol. The first kappa shape index (κ1) is 18.0. The molecule has 3 nitrogen and oxygen atoms in total. The van der Waals surface area contributed by atoms with Crippen molar-refractivity contribution in [2.45, 2.75) is 95.8 Å². The van der Waals surface area contributed by atoms with Crippen LogP contribution in [0.25, 0.3) is 0 Å². The Balaban J connectivity index is 1.36. The fourth-order valence-corrected chi connectivity index (χ4v) is 5.44. The summed E-state index contributed by atoms with van der Waals surface area (Å²) >= 11 is 0. The lowest BCUT2D eigenvalue weighted by Gasteiger charge is -2.49. The number of nitrogens with one attached hydrogen (secondary N) is 1. The van der Waals surface area contributed by atoms with Gasteiger partial charge in [-0.25, -0.2) is 0 Å². The van der Waals surface area contributed by atoms with Crippen LogP contribution < -0.4 is 5.32 Å². The SMILES string of the molecule is Cc1ccc(CN2[C@H]3CCC[C@H]2CC(NC(=O)C2CCCCC2)C3)cc1. The summed E-state index contributed by atoms with van der Waals surface area (Å²) in [5.74, 6) is 0.633. The van der Waals surface area contributed by atoms with E-state index in [4.69, 9.17) is 0 Å². The summed E-state index contributed by atoms with van der Waals surface area (Å²) in [6.45, 7) is 3.22. The molecule has 2 bridgehead atoms. The summed E-state index contributed by atoms with van der Waals surface area (Å²) in [4.78, 5) is 15.4. The number of hydrogen-bond acceptors (Lipinski definition) is 2. The van der Waals surface area contributed by atoms with Crippen LogP contribution in [0.5, 0.6) is 0 Å². The van der Waals surface area contributed by atoms with Crippen LogP contribution in [-0.2, 0) is 11.3 Å². The average molecular weight is 355 g/mol. The molecule has 1 aliphatic carbocycles. The minimum absolute atomic E-state index is 0.286. The first-order valence-corrected chi connectivity index (χ1v) is 10.8. The number of hydrogen-bond donors (Lipinski definition) is 1. The molecule has 26 heavy (non-hydrogen) atoms. The van der Waals surface area contributed by atoms with Gasteiger partial charge in [0.1, 0.15) is 0 Å². The van der Waals surface area contributed by atoms with Gasteiger partial charge in [0.2, 0.25) is 5.91 Å². The predicted molar refractivity (Wildman–Crippen MR) is 106 cm³/mol. The number of carbonyl (C=O) groups is 1. The van der Waals surface area contributed by atoms with Gasteiger partial charge >= 0.3 is 0 Å². The van der Waals surface area contributed by atoms with E-state index in [1.807, 2.05) is 0 Å². The molecule has 1 saturated carbocycles. The number of nitrogens with zero attached hydrogens (tertiary/aromatic N) is 1. The normalized spacial score (nSPS) is 30.1. The highest BCUT2D eigenvalue weighted by Gasteiger charge is 2.39. The van der Waals surface area contributed by atoms with Gasteiger partial charge in [-0.3, -0.25) is 9.69 Å². The molecule has 3 aliphatic rings. The van der Waals surface area contributed by atoms with E-state index in [9.17, 15) is 4.79 Å². The largest absolute Gasteiger partial charge is 0.353 e. The van der Waals surface area contributed by atoms with E-state index in [1.54, 1.807) is 0 Å². The topological polar surface area (TPSA) is 32.3 Å². The van der Waals surface area contributed by atoms with E-state index < -0.39 is 0 Å². The number of amides is 1. The van der Waals surface area contributed by atoms with Crippen molar-refractivity contribution in [3.05, 3.63) is 35.4 Å². The molecule has 1 aromatic rings. The van der Waals surface area contributed by atoms with E-state index in [2.05, 4.69) is 41.4 Å². The van der Waals surface area contributed by atoms with Gasteiger partial charge in [0, 0.05) is 30.6 Å². The Morgan fingerprint density at radius 3 is 2.27 bits per heavy atom. The summed E-state index contributed by atoms with van der Waals surface area (Å²) < 4.78 is 0. The molecule has 3 heteroatoms. The third-order valence-electron chi connectivity index (χ3n) is 6.93. The van der Waals surface area contributed by atoms with Crippen LogP contribution in [0, 0.1) is 12.8 Å². The van der Waals surface area contributed by atoms with Crippen LogP contribution in [0.2, 0.25) is 0 Å². The molecule has 2 aliphatic heterocycles. The summed E-state index contributed by atoms with van der Waals surface area (Å²) in [5, 5.41) is 3.44. The Labute approximate surface area is 158 Å². The van der Waals surface area contributed by atoms with Crippen LogP contribution in [0.3, 0.4) is 0 Å². The number of carbonyl (C=O) groups excluding carboxylic acids is 1. The van der Waals surface area contributed by atoms with Gasteiger partial charge in [-0.1, -0.05) is 55.5 Å². The van der Waals surface area contributed by atoms with E-state index in [-0.39, 0.29) is 5.92 Å². The van der Waals surface area contributed by atoms with Crippen molar-refractivity contribution in [3.8, 4) is 0 Å². The fraction of sp³-hybridized carbons (Fsp3) is 0.696. The maximum atomic E-state index is 12.7. The summed E-state index contributed by atoms with van der Waals surface area (Å²) in [5.41, 5.74) is 2.76. The third kappa shape index (κ3) is 4.14. The zero-order chi connectivity index (χ0) is 17.9. The average Bonchev–Trinajstić information content (AvgIpc) is 2.65. The van der Waals surface area contributed by atoms with Crippen LogP contribution in [-0.4, -0.2) is 28.9 Å². The standard InChI is InChI=1S/C23H34N2O/c1-17-10-12-18(13-11-17)16-25-21-8-5-9-22(25)15-20(14-21)24-23(26)19-6-3-2-4-7-19/h10-13,19-22H,2-9,14-16H2,1H3,(H,24,26)/t21-,22-/m0/s1. The molecule has 0 aromatic heterocycles. The second kappa shape index (κ2) is 8.12. The summed E-state index contributed by atoms with van der Waals surface area (Å²) in [6, 6.07) is 10.7. The van der Waals surface area contributed by atoms with Gasteiger partial charge < -0.3 is 5.32 Å². The van der Waals surface area contributed by atoms with Gasteiger partial charge in [-0.05, 0) is 51.0 Å².